The van der Waals surface area contributed by atoms with Gasteiger partial charge >= 0.3 is 0 Å². The zero-order valence-electron chi connectivity index (χ0n) is 37.4. The van der Waals surface area contributed by atoms with Crippen LogP contribution in [0, 0.1) is 6.92 Å². The summed E-state index contributed by atoms with van der Waals surface area (Å²) < 4.78 is 0. The van der Waals surface area contributed by atoms with Crippen molar-refractivity contribution in [2.75, 3.05) is 4.90 Å². The highest BCUT2D eigenvalue weighted by Gasteiger charge is 2.20. The first-order valence-corrected chi connectivity index (χ1v) is 22.7. The molecule has 0 N–H and O–H groups in total. The van der Waals surface area contributed by atoms with Crippen molar-refractivity contribution in [1.82, 2.24) is 0 Å². The Morgan fingerprint density at radius 3 is 2.26 bits per heavy atom. The maximum absolute atomic E-state index is 3.98. The van der Waals surface area contributed by atoms with E-state index in [1.165, 1.54) is 67.0 Å². The molecular formula is C61H65N. The van der Waals surface area contributed by atoms with Crippen molar-refractivity contribution in [3.8, 4) is 11.1 Å². The zero-order valence-corrected chi connectivity index (χ0v) is 37.4. The van der Waals surface area contributed by atoms with Crippen LogP contribution in [0.1, 0.15) is 98.1 Å². The Morgan fingerprint density at radius 1 is 0.774 bits per heavy atom. The summed E-state index contributed by atoms with van der Waals surface area (Å²) >= 11 is 0. The normalized spacial score (nSPS) is 15.8. The summed E-state index contributed by atoms with van der Waals surface area (Å²) in [5.74, 6) is 0.321. The molecule has 0 radical (unpaired) electrons. The molecule has 0 bridgehead atoms. The largest absolute Gasteiger partial charge is 0.311 e. The van der Waals surface area contributed by atoms with Crippen LogP contribution < -0.4 is 4.90 Å². The number of fused-ring (bicyclic) bond motifs is 1. The van der Waals surface area contributed by atoms with Gasteiger partial charge in [-0.25, -0.2) is 0 Å². The molecule has 314 valence electrons. The predicted octanol–water partition coefficient (Wildman–Crippen LogP) is 17.1. The summed E-state index contributed by atoms with van der Waals surface area (Å²) in [5, 5.41) is 0. The molecule has 0 saturated carbocycles. The maximum atomic E-state index is 3.98. The van der Waals surface area contributed by atoms with E-state index in [2.05, 4.69) is 227 Å². The molecule has 0 saturated heterocycles. The van der Waals surface area contributed by atoms with Gasteiger partial charge in [-0.3, -0.25) is 0 Å². The lowest BCUT2D eigenvalue weighted by molar-refractivity contribution is 0.836. The Bertz CT molecular complexity index is 2430. The van der Waals surface area contributed by atoms with E-state index >= 15 is 0 Å². The number of rotatable bonds is 20. The minimum atomic E-state index is 0.321. The van der Waals surface area contributed by atoms with E-state index in [1.807, 2.05) is 12.2 Å². The molecule has 0 fully saturated rings. The van der Waals surface area contributed by atoms with Gasteiger partial charge in [-0.15, -0.1) is 6.58 Å². The summed E-state index contributed by atoms with van der Waals surface area (Å²) in [4.78, 5) is 2.46. The summed E-state index contributed by atoms with van der Waals surface area (Å²) in [5.41, 5.74) is 16.4. The summed E-state index contributed by atoms with van der Waals surface area (Å²) in [6.45, 7) is 14.3. The molecule has 1 unspecified atom stereocenters. The van der Waals surface area contributed by atoms with Gasteiger partial charge in [-0.05, 0) is 152 Å². The molecule has 0 heterocycles. The van der Waals surface area contributed by atoms with E-state index in [4.69, 9.17) is 0 Å². The van der Waals surface area contributed by atoms with Crippen LogP contribution in [0.25, 0.3) is 23.3 Å². The topological polar surface area (TPSA) is 3.24 Å². The highest BCUT2D eigenvalue weighted by molar-refractivity contribution is 5.72. The van der Waals surface area contributed by atoms with Crippen LogP contribution in [0.15, 0.2) is 224 Å². The smallest absolute Gasteiger partial charge is 0.0461 e. The quantitative estimate of drug-likeness (QED) is 0.0488. The zero-order chi connectivity index (χ0) is 43.4. The van der Waals surface area contributed by atoms with E-state index in [0.29, 0.717) is 5.92 Å². The van der Waals surface area contributed by atoms with E-state index in [9.17, 15) is 0 Å². The first-order chi connectivity index (χ1) is 30.5. The average molecular weight is 812 g/mol. The molecular weight excluding hydrogens is 747 g/mol. The monoisotopic (exact) mass is 812 g/mol. The minimum Gasteiger partial charge on any atom is -0.311 e. The van der Waals surface area contributed by atoms with Gasteiger partial charge in [0.2, 0.25) is 0 Å². The highest BCUT2D eigenvalue weighted by atomic mass is 15.2. The highest BCUT2D eigenvalue weighted by Crippen LogP contribution is 2.35. The van der Waals surface area contributed by atoms with Gasteiger partial charge in [0.25, 0.3) is 0 Å². The van der Waals surface area contributed by atoms with Gasteiger partial charge in [0, 0.05) is 23.0 Å². The average Bonchev–Trinajstić information content (AvgIpc) is 3.31. The van der Waals surface area contributed by atoms with Crippen molar-refractivity contribution >= 4 is 17.8 Å². The second-order valence-electron chi connectivity index (χ2n) is 16.1. The summed E-state index contributed by atoms with van der Waals surface area (Å²) in [6.07, 6.45) is 49.1. The van der Waals surface area contributed by atoms with Crippen LogP contribution in [0.4, 0.5) is 5.69 Å². The van der Waals surface area contributed by atoms with Crippen molar-refractivity contribution in [2.24, 2.45) is 0 Å². The van der Waals surface area contributed by atoms with Gasteiger partial charge in [0.1, 0.15) is 0 Å². The number of hydrogen-bond donors (Lipinski definition) is 0. The summed E-state index contributed by atoms with van der Waals surface area (Å²) in [7, 11) is 0. The first kappa shape index (κ1) is 45.1. The molecule has 2 aliphatic rings. The molecule has 4 aromatic carbocycles. The first-order valence-electron chi connectivity index (χ1n) is 22.7. The lowest BCUT2D eigenvalue weighted by Crippen LogP contribution is -2.22. The van der Waals surface area contributed by atoms with E-state index in [0.717, 1.165) is 63.5 Å². The van der Waals surface area contributed by atoms with Crippen LogP contribution in [0.2, 0.25) is 0 Å². The van der Waals surface area contributed by atoms with E-state index in [-0.39, 0.29) is 0 Å². The number of anilines is 1. The predicted molar refractivity (Wildman–Crippen MR) is 273 cm³/mol. The fourth-order valence-electron chi connectivity index (χ4n) is 8.11. The third kappa shape index (κ3) is 12.8. The van der Waals surface area contributed by atoms with Crippen molar-refractivity contribution < 1.29 is 0 Å². The molecule has 6 rings (SSSR count). The Labute approximate surface area is 374 Å². The molecule has 0 aliphatic heterocycles. The van der Waals surface area contributed by atoms with Crippen LogP contribution in [-0.4, -0.2) is 0 Å². The van der Waals surface area contributed by atoms with Gasteiger partial charge in [0.15, 0.2) is 0 Å². The van der Waals surface area contributed by atoms with Crippen LogP contribution in [0.5, 0.6) is 0 Å². The molecule has 1 atom stereocenters. The molecule has 0 aromatic heterocycles. The number of benzene rings is 4. The Balaban J connectivity index is 1.31. The van der Waals surface area contributed by atoms with E-state index < -0.39 is 0 Å². The Morgan fingerprint density at radius 2 is 1.53 bits per heavy atom. The second-order valence-corrected chi connectivity index (χ2v) is 16.1. The third-order valence-electron chi connectivity index (χ3n) is 11.5. The standard InChI is InChI=1S/C61H65N/c1-6-10-11-17-27-50(22-7-2)51(23-8-3)28-18-12-13-19-31-59(41-33-49-25-15-14-16-26-49)62(60-42-37-53(38-43-60)57-34-32-48(5)55(46-57)24-9-4)61-44-39-54(40-45-61)58-36-35-52-29-20-21-30-56(52)47-58/h6-7,9,14-20,22-29,31-32,34-37,39-47,53H,1-2,8,10-13,21,30,33,38H2,3-5H3/b24-9-,27-17+,28-18-,31-19-,50-22+,51-23+,59-41+. The van der Waals surface area contributed by atoms with Crippen molar-refractivity contribution in [3.05, 3.63) is 257 Å². The molecule has 0 amide bonds. The number of unbranched alkanes of at least 4 members (excludes halogenated alkanes) is 2. The molecule has 1 heteroatoms. The number of allylic oxidation sites excluding steroid dienone is 18. The number of hydrogen-bond acceptors (Lipinski definition) is 1. The van der Waals surface area contributed by atoms with E-state index in [1.54, 1.807) is 0 Å². The second kappa shape index (κ2) is 24.1. The van der Waals surface area contributed by atoms with Crippen molar-refractivity contribution in [3.63, 3.8) is 0 Å². The molecule has 0 spiro atoms. The number of aryl methyl sites for hydroxylation is 2. The molecule has 62 heavy (non-hydrogen) atoms. The Hall–Kier alpha value is -6.44. The molecule has 1 nitrogen and oxygen atoms in total. The Kier molecular flexibility index (Phi) is 17.5. The minimum absolute atomic E-state index is 0.321. The SMILES string of the molecule is C=C/C=C(\C=C\CCC=C)C(/C=C\CC/C=C\C(=C/Cc1ccccc1)N(C1=CCC(c2ccc(C)c(/C=C\C)c2)C=C1)c1ccc(-c2ccc3c(c2)CCC=C3)cc1)=C/CC. The van der Waals surface area contributed by atoms with Gasteiger partial charge in [-0.2, -0.15) is 0 Å². The maximum Gasteiger partial charge on any atom is 0.0461 e. The van der Waals surface area contributed by atoms with Crippen LogP contribution in [0.3, 0.4) is 0 Å². The van der Waals surface area contributed by atoms with Crippen molar-refractivity contribution in [1.29, 1.82) is 0 Å². The lowest BCUT2D eigenvalue weighted by atomic mass is 9.89. The van der Waals surface area contributed by atoms with Gasteiger partial charge in [-0.1, -0.05) is 190 Å². The fraction of sp³-hybridized carbons (Fsp3) is 0.213. The van der Waals surface area contributed by atoms with Gasteiger partial charge in [0.05, 0.1) is 0 Å². The van der Waals surface area contributed by atoms with Gasteiger partial charge < -0.3 is 4.90 Å². The third-order valence-corrected chi connectivity index (χ3v) is 11.5. The molecule has 2 aliphatic carbocycles. The van der Waals surface area contributed by atoms with Crippen LogP contribution >= 0.6 is 0 Å². The van der Waals surface area contributed by atoms with Crippen LogP contribution in [-0.2, 0) is 12.8 Å². The van der Waals surface area contributed by atoms with Crippen molar-refractivity contribution in [2.45, 2.75) is 84.5 Å². The lowest BCUT2D eigenvalue weighted by Gasteiger charge is -2.30. The summed E-state index contributed by atoms with van der Waals surface area (Å²) in [6, 6.07) is 33.8. The fourth-order valence-corrected chi connectivity index (χ4v) is 8.11. The number of nitrogens with zero attached hydrogens (tertiary/aromatic N) is 1. The molecule has 4 aromatic rings.